The zero-order valence-electron chi connectivity index (χ0n) is 15.4. The molecule has 3 aromatic carbocycles. The maximum absolute atomic E-state index is 12.3. The third kappa shape index (κ3) is 3.83. The summed E-state index contributed by atoms with van der Waals surface area (Å²) in [7, 11) is 1.62. The molecule has 3 atom stereocenters. The molecule has 5 heteroatoms. The Kier molecular flexibility index (Phi) is 4.96. The number of nitrogens with zero attached hydrogens (tertiary/aromatic N) is 1. The van der Waals surface area contributed by atoms with Crippen molar-refractivity contribution in [2.75, 3.05) is 7.11 Å². The molecular formula is C23H19NO4. The van der Waals surface area contributed by atoms with Crippen LogP contribution in [-0.4, -0.2) is 19.2 Å². The van der Waals surface area contributed by atoms with Crippen LogP contribution in [0.4, 0.5) is 0 Å². The van der Waals surface area contributed by atoms with Crippen molar-refractivity contribution >= 4 is 16.7 Å². The van der Waals surface area contributed by atoms with Gasteiger partial charge in [-0.2, -0.15) is 5.26 Å². The van der Waals surface area contributed by atoms with Crippen molar-refractivity contribution < 1.29 is 19.0 Å². The van der Waals surface area contributed by atoms with E-state index in [0.717, 1.165) is 22.1 Å². The second-order valence-electron chi connectivity index (χ2n) is 6.68. The number of fused-ring (bicyclic) bond motifs is 1. The zero-order chi connectivity index (χ0) is 19.5. The Bertz CT molecular complexity index is 1040. The number of epoxide rings is 1. The number of hydrogen-bond acceptors (Lipinski definition) is 5. The van der Waals surface area contributed by atoms with Gasteiger partial charge in [-0.05, 0) is 34.5 Å². The summed E-state index contributed by atoms with van der Waals surface area (Å²) in [6.45, 7) is 0. The molecular weight excluding hydrogens is 354 g/mol. The van der Waals surface area contributed by atoms with E-state index < -0.39 is 12.1 Å². The second kappa shape index (κ2) is 7.71. The molecule has 0 bridgehead atoms. The van der Waals surface area contributed by atoms with Crippen LogP contribution in [0.15, 0.2) is 66.7 Å². The monoisotopic (exact) mass is 373 g/mol. The van der Waals surface area contributed by atoms with Crippen molar-refractivity contribution in [2.45, 2.75) is 24.7 Å². The number of rotatable bonds is 6. The number of carbonyl (C=O) groups is 1. The Morgan fingerprint density at radius 1 is 1.11 bits per heavy atom. The van der Waals surface area contributed by atoms with Crippen molar-refractivity contribution in [3.05, 3.63) is 77.9 Å². The van der Waals surface area contributed by atoms with Crippen LogP contribution in [0, 0.1) is 11.3 Å². The normalized spacial score (nSPS) is 18.9. The number of ether oxygens (including phenoxy) is 3. The molecule has 1 aliphatic heterocycles. The van der Waals surface area contributed by atoms with Gasteiger partial charge in [-0.15, -0.1) is 0 Å². The average molecular weight is 373 g/mol. The van der Waals surface area contributed by atoms with E-state index in [1.165, 1.54) is 0 Å². The average Bonchev–Trinajstić information content (AvgIpc) is 3.50. The number of nitriles is 1. The minimum Gasteiger partial charge on any atom is -0.497 e. The molecule has 5 nitrogen and oxygen atoms in total. The summed E-state index contributed by atoms with van der Waals surface area (Å²) in [4.78, 5) is 12.3. The Balaban J connectivity index is 1.41. The number of hydrogen-bond donors (Lipinski definition) is 0. The van der Waals surface area contributed by atoms with Crippen LogP contribution in [0.2, 0.25) is 0 Å². The van der Waals surface area contributed by atoms with Crippen LogP contribution >= 0.6 is 0 Å². The highest BCUT2D eigenvalue weighted by Gasteiger charge is 2.42. The topological polar surface area (TPSA) is 71.8 Å². The van der Waals surface area contributed by atoms with Gasteiger partial charge >= 0.3 is 5.97 Å². The second-order valence-corrected chi connectivity index (χ2v) is 6.68. The van der Waals surface area contributed by atoms with Crippen LogP contribution in [0.1, 0.15) is 29.8 Å². The summed E-state index contributed by atoms with van der Waals surface area (Å²) in [6, 6.07) is 23.0. The smallest absolute Gasteiger partial charge is 0.310 e. The minimum absolute atomic E-state index is 0.0788. The number of methoxy groups -OCH3 is 1. The fourth-order valence-electron chi connectivity index (χ4n) is 3.28. The van der Waals surface area contributed by atoms with E-state index in [4.69, 9.17) is 14.2 Å². The van der Waals surface area contributed by atoms with Gasteiger partial charge in [0.1, 0.15) is 17.9 Å². The fourth-order valence-corrected chi connectivity index (χ4v) is 3.28. The highest BCUT2D eigenvalue weighted by molar-refractivity contribution is 5.84. The minimum atomic E-state index is -0.951. The lowest BCUT2D eigenvalue weighted by molar-refractivity contribution is -0.147. The summed E-state index contributed by atoms with van der Waals surface area (Å²) in [5.41, 5.74) is 1.69. The molecule has 3 aromatic rings. The molecule has 0 spiro atoms. The molecule has 0 aromatic heterocycles. The molecule has 0 radical (unpaired) electrons. The Morgan fingerprint density at radius 2 is 1.86 bits per heavy atom. The predicted octanol–water partition coefficient (Wildman–Crippen LogP) is 4.49. The molecule has 0 unspecified atom stereocenters. The van der Waals surface area contributed by atoms with Crippen molar-refractivity contribution in [1.82, 2.24) is 0 Å². The van der Waals surface area contributed by atoms with E-state index in [0.29, 0.717) is 5.56 Å². The van der Waals surface area contributed by atoms with Crippen molar-refractivity contribution in [1.29, 1.82) is 5.26 Å². The van der Waals surface area contributed by atoms with Crippen LogP contribution in [0.25, 0.3) is 10.8 Å². The maximum atomic E-state index is 12.3. The van der Waals surface area contributed by atoms with Crippen molar-refractivity contribution in [2.24, 2.45) is 0 Å². The molecule has 0 aliphatic carbocycles. The third-order valence-corrected chi connectivity index (χ3v) is 4.82. The third-order valence-electron chi connectivity index (χ3n) is 4.82. The summed E-state index contributed by atoms with van der Waals surface area (Å²) < 4.78 is 16.2. The SMILES string of the molecule is COc1ccc2cc([C@@H](C#N)OC(=O)C[C@@H]3O[C@H]3c3ccccc3)ccc2c1. The van der Waals surface area contributed by atoms with Crippen LogP contribution in [0.5, 0.6) is 5.75 Å². The zero-order valence-corrected chi connectivity index (χ0v) is 15.4. The number of carbonyl (C=O) groups excluding carboxylic acids is 1. The van der Waals surface area contributed by atoms with Gasteiger partial charge in [-0.25, -0.2) is 0 Å². The van der Waals surface area contributed by atoms with E-state index in [-0.39, 0.29) is 18.6 Å². The molecule has 28 heavy (non-hydrogen) atoms. The highest BCUT2D eigenvalue weighted by atomic mass is 16.6. The lowest BCUT2D eigenvalue weighted by Crippen LogP contribution is -2.12. The maximum Gasteiger partial charge on any atom is 0.310 e. The summed E-state index contributed by atoms with van der Waals surface area (Å²) in [6.07, 6.45) is -1.10. The van der Waals surface area contributed by atoms with Gasteiger partial charge in [0.15, 0.2) is 0 Å². The molecule has 0 N–H and O–H groups in total. The first-order valence-electron chi connectivity index (χ1n) is 9.05. The molecule has 140 valence electrons. The van der Waals surface area contributed by atoms with Crippen molar-refractivity contribution in [3.63, 3.8) is 0 Å². The Labute approximate surface area is 163 Å². The molecule has 1 saturated heterocycles. The van der Waals surface area contributed by atoms with Gasteiger partial charge in [0.05, 0.1) is 19.6 Å². The van der Waals surface area contributed by atoms with Gasteiger partial charge in [0.2, 0.25) is 6.10 Å². The molecule has 1 heterocycles. The quantitative estimate of drug-likeness (QED) is 0.470. The van der Waals surface area contributed by atoms with E-state index in [2.05, 4.69) is 6.07 Å². The fraction of sp³-hybridized carbons (Fsp3) is 0.217. The summed E-state index contributed by atoms with van der Waals surface area (Å²) in [5, 5.41) is 11.4. The first-order valence-corrected chi connectivity index (χ1v) is 9.05. The van der Waals surface area contributed by atoms with Gasteiger partial charge in [-0.1, -0.05) is 48.5 Å². The Hall–Kier alpha value is -3.36. The van der Waals surface area contributed by atoms with E-state index in [9.17, 15) is 10.1 Å². The molecule has 0 amide bonds. The Morgan fingerprint density at radius 3 is 2.61 bits per heavy atom. The molecule has 1 fully saturated rings. The van der Waals surface area contributed by atoms with Crippen molar-refractivity contribution in [3.8, 4) is 11.8 Å². The number of esters is 1. The van der Waals surface area contributed by atoms with Gasteiger partial charge in [0, 0.05) is 5.56 Å². The van der Waals surface area contributed by atoms with Crippen LogP contribution < -0.4 is 4.74 Å². The van der Waals surface area contributed by atoms with E-state index >= 15 is 0 Å². The van der Waals surface area contributed by atoms with E-state index in [1.807, 2.05) is 60.7 Å². The van der Waals surface area contributed by atoms with Crippen LogP contribution in [-0.2, 0) is 14.3 Å². The first-order chi connectivity index (χ1) is 13.7. The molecule has 4 rings (SSSR count). The summed E-state index contributed by atoms with van der Waals surface area (Å²) >= 11 is 0. The van der Waals surface area contributed by atoms with Crippen LogP contribution in [0.3, 0.4) is 0 Å². The lowest BCUT2D eigenvalue weighted by Gasteiger charge is -2.12. The predicted molar refractivity (Wildman–Crippen MR) is 104 cm³/mol. The van der Waals surface area contributed by atoms with E-state index in [1.54, 1.807) is 13.2 Å². The summed E-state index contributed by atoms with van der Waals surface area (Å²) in [5.74, 6) is 0.325. The molecule has 1 aliphatic rings. The standard InChI is InChI=1S/C23H19NO4/c1-26-19-10-9-16-11-18(8-7-17(16)12-19)21(14-24)27-22(25)13-20-23(28-20)15-5-3-2-4-6-15/h2-12,20-21,23H,13H2,1H3/t20-,21+,23-/m0/s1. The highest BCUT2D eigenvalue weighted by Crippen LogP contribution is 2.41. The lowest BCUT2D eigenvalue weighted by atomic mass is 10.0. The molecule has 0 saturated carbocycles. The number of benzene rings is 3. The first kappa shape index (κ1) is 18.0. The van der Waals surface area contributed by atoms with Gasteiger partial charge in [-0.3, -0.25) is 4.79 Å². The van der Waals surface area contributed by atoms with Gasteiger partial charge < -0.3 is 14.2 Å². The van der Waals surface area contributed by atoms with Gasteiger partial charge in [0.25, 0.3) is 0 Å². The largest absolute Gasteiger partial charge is 0.497 e.